The largest absolute Gasteiger partial charge is 0.507 e. The highest BCUT2D eigenvalue weighted by molar-refractivity contribution is 6.31. The van der Waals surface area contributed by atoms with E-state index >= 15 is 0 Å². The third kappa shape index (κ3) is 4.20. The van der Waals surface area contributed by atoms with Crippen molar-refractivity contribution in [1.82, 2.24) is 4.90 Å². The van der Waals surface area contributed by atoms with Crippen LogP contribution in [0, 0.1) is 0 Å². The van der Waals surface area contributed by atoms with Crippen molar-refractivity contribution >= 4 is 17.3 Å². The maximum absolute atomic E-state index is 13.7. The van der Waals surface area contributed by atoms with Gasteiger partial charge in [-0.25, -0.2) is 0 Å². The summed E-state index contributed by atoms with van der Waals surface area (Å²) in [5.41, 5.74) is -2.92. The number of aromatic hydroxyl groups is 2. The van der Waals surface area contributed by atoms with Crippen LogP contribution in [0.5, 0.6) is 17.2 Å². The average Bonchev–Trinajstić information content (AvgIpc) is 2.90. The first kappa shape index (κ1) is 28.2. The number of ketones is 3. The van der Waals surface area contributed by atoms with E-state index in [1.165, 1.54) is 32.2 Å². The summed E-state index contributed by atoms with van der Waals surface area (Å²) in [6.45, 7) is 2.89. The second-order valence-corrected chi connectivity index (χ2v) is 11.0. The van der Waals surface area contributed by atoms with Gasteiger partial charge in [0.05, 0.1) is 42.1 Å². The molecule has 2 aromatic carbocycles. The number of methoxy groups -OCH3 is 1. The van der Waals surface area contributed by atoms with Crippen molar-refractivity contribution < 1.29 is 49.0 Å². The highest BCUT2D eigenvalue weighted by Crippen LogP contribution is 2.52. The predicted molar refractivity (Wildman–Crippen MR) is 140 cm³/mol. The summed E-state index contributed by atoms with van der Waals surface area (Å²) in [5.74, 6) is -3.08. The van der Waals surface area contributed by atoms with Crippen molar-refractivity contribution in [3.63, 3.8) is 0 Å². The number of nitrogens with zero attached hydrogens (tertiary/aromatic N) is 1. The summed E-state index contributed by atoms with van der Waals surface area (Å²) in [6, 6.07) is 4.13. The Labute approximate surface area is 230 Å². The highest BCUT2D eigenvalue weighted by Gasteiger charge is 2.49. The lowest BCUT2D eigenvalue weighted by molar-refractivity contribution is -0.256. The van der Waals surface area contributed by atoms with E-state index < -0.39 is 76.6 Å². The summed E-state index contributed by atoms with van der Waals surface area (Å²) >= 11 is 0. The van der Waals surface area contributed by atoms with Crippen molar-refractivity contribution in [2.24, 2.45) is 0 Å². The molecule has 2 aromatic rings. The van der Waals surface area contributed by atoms with Gasteiger partial charge in [0.25, 0.3) is 0 Å². The normalized spacial score (nSPS) is 29.6. The Bertz CT molecular complexity index is 1420. The molecule has 0 spiro atoms. The van der Waals surface area contributed by atoms with Gasteiger partial charge in [0.2, 0.25) is 5.78 Å². The second kappa shape index (κ2) is 9.93. The molecule has 0 radical (unpaired) electrons. The third-order valence-corrected chi connectivity index (χ3v) is 8.39. The van der Waals surface area contributed by atoms with E-state index in [-0.39, 0.29) is 46.9 Å². The molecular weight excluding hydrogens is 522 g/mol. The monoisotopic (exact) mass is 555 g/mol. The molecule has 2 aliphatic carbocycles. The molecule has 0 bridgehead atoms. The lowest BCUT2D eigenvalue weighted by atomic mass is 9.72. The number of likely N-dealkylation sites (N-methyl/N-ethyl adjacent to an activating group) is 1. The number of Topliss-reactive ketones (excluding diaryl/α,β-unsaturated/α-hetero) is 1. The van der Waals surface area contributed by atoms with Crippen LogP contribution in [0.3, 0.4) is 0 Å². The third-order valence-electron chi connectivity index (χ3n) is 8.39. The van der Waals surface area contributed by atoms with Gasteiger partial charge in [-0.15, -0.1) is 0 Å². The number of carbonyl (C=O) groups excluding carboxylic acids is 3. The fourth-order valence-electron chi connectivity index (χ4n) is 6.11. The zero-order chi connectivity index (χ0) is 29.3. The number of hydrogen-bond donors (Lipinski definition) is 4. The molecule has 1 saturated heterocycles. The molecule has 0 unspecified atom stereocenters. The predicted octanol–water partition coefficient (Wildman–Crippen LogP) is 1.63. The number of fused-ring (bicyclic) bond motifs is 3. The zero-order valence-corrected chi connectivity index (χ0v) is 22.9. The fraction of sp³-hybridized carbons (Fsp3) is 0.483. The average molecular weight is 556 g/mol. The number of aliphatic hydroxyl groups is 2. The van der Waals surface area contributed by atoms with Gasteiger partial charge >= 0.3 is 0 Å². The molecule has 1 aliphatic heterocycles. The lowest BCUT2D eigenvalue weighted by Crippen LogP contribution is -2.54. The Kier molecular flexibility index (Phi) is 7.00. The van der Waals surface area contributed by atoms with E-state index in [2.05, 4.69) is 0 Å². The van der Waals surface area contributed by atoms with Crippen molar-refractivity contribution in [2.45, 2.75) is 69.4 Å². The van der Waals surface area contributed by atoms with Crippen LogP contribution in [0.15, 0.2) is 18.2 Å². The van der Waals surface area contributed by atoms with E-state index in [0.29, 0.717) is 0 Å². The Hall–Kier alpha value is -3.35. The minimum absolute atomic E-state index is 0.00480. The molecule has 0 amide bonds. The first-order valence-electron chi connectivity index (χ1n) is 13.1. The number of hydrogen-bond acceptors (Lipinski definition) is 11. The van der Waals surface area contributed by atoms with E-state index in [1.54, 1.807) is 21.0 Å². The SMILES string of the molecule is COc1cccc2c1C(=O)c1c(O)c3c(c(O)c1C2=O)C[C@@](O)(C(C)=O)C[C@H]3O[C@H]1C[C@@H](N(C)C)[C@@H](O)[C@H](C)O1. The molecule has 40 heavy (non-hydrogen) atoms. The number of rotatable bonds is 5. The molecule has 214 valence electrons. The Morgan fingerprint density at radius 3 is 2.40 bits per heavy atom. The van der Waals surface area contributed by atoms with E-state index in [4.69, 9.17) is 14.2 Å². The number of aliphatic hydroxyl groups excluding tert-OH is 1. The maximum Gasteiger partial charge on any atom is 0.202 e. The lowest BCUT2D eigenvalue weighted by Gasteiger charge is -2.44. The standard InChI is InChI=1S/C29H33NO10/c1-12-24(32)16(30(3)4)9-19(39-12)40-18-11-29(37,13(2)31)10-15-21(18)28(36)23-22(26(15)34)25(33)14-7-6-8-17(38-5)20(14)27(23)35/h6-8,12,16,18-19,24,32,34,36-37H,9-11H2,1-5H3/t12-,16+,18+,19-,24-,29-/m0/s1. The molecule has 1 fully saturated rings. The van der Waals surface area contributed by atoms with E-state index in [0.717, 1.165) is 0 Å². The number of carbonyl (C=O) groups is 3. The first-order chi connectivity index (χ1) is 18.8. The van der Waals surface area contributed by atoms with Crippen molar-refractivity contribution in [3.8, 4) is 17.2 Å². The molecule has 3 aliphatic rings. The summed E-state index contributed by atoms with van der Waals surface area (Å²) in [4.78, 5) is 41.7. The quantitative estimate of drug-likeness (QED) is 0.339. The van der Waals surface area contributed by atoms with Gasteiger partial charge < -0.3 is 39.5 Å². The van der Waals surface area contributed by atoms with Crippen molar-refractivity contribution in [1.29, 1.82) is 0 Å². The van der Waals surface area contributed by atoms with Crippen LogP contribution in [-0.2, 0) is 20.7 Å². The van der Waals surface area contributed by atoms with E-state index in [1.807, 2.05) is 4.90 Å². The number of ether oxygens (including phenoxy) is 3. The molecule has 0 saturated carbocycles. The molecule has 6 atom stereocenters. The summed E-state index contributed by atoms with van der Waals surface area (Å²) in [6.07, 6.45) is -4.02. The summed E-state index contributed by atoms with van der Waals surface area (Å²) < 4.78 is 17.4. The molecule has 0 aromatic heterocycles. The molecule has 11 nitrogen and oxygen atoms in total. The molecule has 5 rings (SSSR count). The van der Waals surface area contributed by atoms with Gasteiger partial charge in [-0.2, -0.15) is 0 Å². The number of phenolic OH excluding ortho intramolecular Hbond substituents is 2. The van der Waals surface area contributed by atoms with Gasteiger partial charge in [0.1, 0.15) is 22.8 Å². The Morgan fingerprint density at radius 1 is 1.10 bits per heavy atom. The van der Waals surface area contributed by atoms with Crippen LogP contribution in [-0.4, -0.2) is 94.0 Å². The minimum atomic E-state index is -1.99. The van der Waals surface area contributed by atoms with Crippen molar-refractivity contribution in [2.75, 3.05) is 21.2 Å². The van der Waals surface area contributed by atoms with Crippen molar-refractivity contribution in [3.05, 3.63) is 51.6 Å². The zero-order valence-electron chi connectivity index (χ0n) is 22.9. The van der Waals surface area contributed by atoms with Crippen LogP contribution < -0.4 is 4.74 Å². The fourth-order valence-corrected chi connectivity index (χ4v) is 6.11. The maximum atomic E-state index is 13.7. The van der Waals surface area contributed by atoms with Gasteiger partial charge in [-0.05, 0) is 34.0 Å². The topological polar surface area (TPSA) is 163 Å². The van der Waals surface area contributed by atoms with Crippen LogP contribution in [0.2, 0.25) is 0 Å². The van der Waals surface area contributed by atoms with Gasteiger partial charge in [-0.1, -0.05) is 12.1 Å². The van der Waals surface area contributed by atoms with Gasteiger partial charge in [-0.3, -0.25) is 14.4 Å². The van der Waals surface area contributed by atoms with E-state index in [9.17, 15) is 34.8 Å². The van der Waals surface area contributed by atoms with Crippen LogP contribution in [0.4, 0.5) is 0 Å². The summed E-state index contributed by atoms with van der Waals surface area (Å²) in [7, 11) is 4.96. The number of benzene rings is 2. The molecular formula is C29H33NO10. The smallest absolute Gasteiger partial charge is 0.202 e. The summed E-state index contributed by atoms with van der Waals surface area (Å²) in [5, 5.41) is 44.9. The van der Waals surface area contributed by atoms with Crippen LogP contribution in [0.1, 0.15) is 75.8 Å². The first-order valence-corrected chi connectivity index (χ1v) is 13.1. The molecule has 4 N–H and O–H groups in total. The van der Waals surface area contributed by atoms with Crippen LogP contribution >= 0.6 is 0 Å². The Morgan fingerprint density at radius 2 is 1.77 bits per heavy atom. The minimum Gasteiger partial charge on any atom is -0.507 e. The van der Waals surface area contributed by atoms with Crippen LogP contribution in [0.25, 0.3) is 0 Å². The molecule has 1 heterocycles. The van der Waals surface area contributed by atoms with Gasteiger partial charge in [0.15, 0.2) is 17.9 Å². The molecule has 11 heteroatoms. The second-order valence-electron chi connectivity index (χ2n) is 11.0. The number of phenols is 2. The highest BCUT2D eigenvalue weighted by atomic mass is 16.7. The van der Waals surface area contributed by atoms with Gasteiger partial charge in [0, 0.05) is 42.0 Å². The Balaban J connectivity index is 1.66.